The Hall–Kier alpha value is -4.99. The standard InChI is InChI=1S/C35H35NO9/c1-22(37)44-34(32(40)41)20-29(24-12-6-3-7-13-24)35(33(42)43,21-28(34)23-10-4-2-5-11-23)45-31(39)26-16-18-27(19-17-26)36-30(38)25-14-8-9-15-25/h2-7,10-13,16-19,25,28-29H,8-9,14-15,20-21H2,1H3,(H,36,38)(H,40,41)(H,42,43). The lowest BCUT2D eigenvalue weighted by Crippen LogP contribution is -2.62. The molecule has 45 heavy (non-hydrogen) atoms. The van der Waals surface area contributed by atoms with Crippen LogP contribution in [0.4, 0.5) is 5.69 Å². The van der Waals surface area contributed by atoms with Gasteiger partial charge in [-0.1, -0.05) is 73.5 Å². The van der Waals surface area contributed by atoms with E-state index in [0.29, 0.717) is 16.8 Å². The highest BCUT2D eigenvalue weighted by Crippen LogP contribution is 2.55. The van der Waals surface area contributed by atoms with Gasteiger partial charge in [-0.25, -0.2) is 14.4 Å². The number of anilines is 1. The molecule has 10 nitrogen and oxygen atoms in total. The summed E-state index contributed by atoms with van der Waals surface area (Å²) < 4.78 is 11.6. The van der Waals surface area contributed by atoms with Gasteiger partial charge in [-0.05, 0) is 48.2 Å². The number of carboxylic acids is 2. The molecule has 10 heteroatoms. The Balaban J connectivity index is 1.54. The van der Waals surface area contributed by atoms with Crippen LogP contribution in [0.25, 0.3) is 0 Å². The summed E-state index contributed by atoms with van der Waals surface area (Å²) in [4.78, 5) is 65.0. The first-order valence-electron chi connectivity index (χ1n) is 15.0. The summed E-state index contributed by atoms with van der Waals surface area (Å²) in [5.74, 6) is -7.20. The van der Waals surface area contributed by atoms with E-state index in [4.69, 9.17) is 9.47 Å². The van der Waals surface area contributed by atoms with Crippen LogP contribution in [0.3, 0.4) is 0 Å². The number of esters is 2. The van der Waals surface area contributed by atoms with Crippen LogP contribution in [0.15, 0.2) is 84.9 Å². The number of rotatable bonds is 9. The summed E-state index contributed by atoms with van der Waals surface area (Å²) in [5.41, 5.74) is -3.04. The van der Waals surface area contributed by atoms with E-state index in [1.165, 1.54) is 12.1 Å². The van der Waals surface area contributed by atoms with Gasteiger partial charge in [0.25, 0.3) is 0 Å². The Morgan fingerprint density at radius 3 is 1.60 bits per heavy atom. The summed E-state index contributed by atoms with van der Waals surface area (Å²) >= 11 is 0. The summed E-state index contributed by atoms with van der Waals surface area (Å²) in [6.07, 6.45) is 2.72. The van der Waals surface area contributed by atoms with Crippen molar-refractivity contribution >= 4 is 35.5 Å². The number of carbonyl (C=O) groups excluding carboxylic acids is 3. The molecular formula is C35H35NO9. The zero-order valence-corrected chi connectivity index (χ0v) is 24.8. The Morgan fingerprint density at radius 1 is 0.689 bits per heavy atom. The van der Waals surface area contributed by atoms with Gasteiger partial charge in [0.1, 0.15) is 0 Å². The molecule has 234 valence electrons. The lowest BCUT2D eigenvalue weighted by atomic mass is 9.59. The van der Waals surface area contributed by atoms with Crippen LogP contribution in [0.2, 0.25) is 0 Å². The van der Waals surface area contributed by atoms with Crippen LogP contribution in [0, 0.1) is 5.92 Å². The molecule has 1 amide bonds. The van der Waals surface area contributed by atoms with Crippen molar-refractivity contribution in [2.75, 3.05) is 5.32 Å². The zero-order valence-electron chi connectivity index (χ0n) is 24.8. The van der Waals surface area contributed by atoms with E-state index in [9.17, 15) is 34.2 Å². The molecule has 0 aromatic heterocycles. The molecule has 0 aliphatic heterocycles. The molecule has 2 saturated carbocycles. The van der Waals surface area contributed by atoms with Gasteiger partial charge in [0.05, 0.1) is 5.56 Å². The second-order valence-electron chi connectivity index (χ2n) is 11.8. The summed E-state index contributed by atoms with van der Waals surface area (Å²) in [7, 11) is 0. The molecule has 3 aromatic rings. The van der Waals surface area contributed by atoms with Crippen LogP contribution in [-0.2, 0) is 28.7 Å². The molecule has 4 atom stereocenters. The van der Waals surface area contributed by atoms with Crippen LogP contribution in [0.5, 0.6) is 0 Å². The van der Waals surface area contributed by atoms with E-state index in [1.54, 1.807) is 72.8 Å². The van der Waals surface area contributed by atoms with Gasteiger partial charge in [-0.3, -0.25) is 9.59 Å². The molecule has 4 unspecified atom stereocenters. The van der Waals surface area contributed by atoms with Crippen LogP contribution < -0.4 is 5.32 Å². The minimum atomic E-state index is -2.24. The maximum atomic E-state index is 13.7. The number of carbonyl (C=O) groups is 5. The molecule has 0 radical (unpaired) electrons. The first kappa shape index (κ1) is 31.4. The van der Waals surface area contributed by atoms with Gasteiger partial charge >= 0.3 is 23.9 Å². The molecule has 5 rings (SSSR count). The highest BCUT2D eigenvalue weighted by atomic mass is 16.6. The largest absolute Gasteiger partial charge is 0.478 e. The highest BCUT2D eigenvalue weighted by molar-refractivity contribution is 5.96. The Kier molecular flexibility index (Phi) is 9.04. The maximum absolute atomic E-state index is 13.7. The summed E-state index contributed by atoms with van der Waals surface area (Å²) in [6, 6.07) is 22.6. The van der Waals surface area contributed by atoms with Gasteiger partial charge in [0.15, 0.2) is 0 Å². The fraction of sp³-hybridized carbons (Fsp3) is 0.343. The number of carboxylic acid groups (broad SMARTS) is 2. The van der Waals surface area contributed by atoms with Crippen molar-refractivity contribution in [3.63, 3.8) is 0 Å². The number of nitrogens with one attached hydrogen (secondary N) is 1. The van der Waals surface area contributed by atoms with Gasteiger partial charge in [-0.2, -0.15) is 0 Å². The first-order chi connectivity index (χ1) is 21.6. The summed E-state index contributed by atoms with van der Waals surface area (Å²) in [6.45, 7) is 1.10. The molecule has 3 N–H and O–H groups in total. The molecule has 0 spiro atoms. The number of hydrogen-bond acceptors (Lipinski definition) is 7. The smallest absolute Gasteiger partial charge is 0.348 e. The van der Waals surface area contributed by atoms with E-state index in [0.717, 1.165) is 32.6 Å². The van der Waals surface area contributed by atoms with E-state index >= 15 is 0 Å². The maximum Gasteiger partial charge on any atom is 0.348 e. The Labute approximate surface area is 260 Å². The van der Waals surface area contributed by atoms with Crippen LogP contribution >= 0.6 is 0 Å². The van der Waals surface area contributed by atoms with E-state index < -0.39 is 59.8 Å². The monoisotopic (exact) mass is 613 g/mol. The van der Waals surface area contributed by atoms with Gasteiger partial charge < -0.3 is 25.0 Å². The molecular weight excluding hydrogens is 578 g/mol. The second kappa shape index (κ2) is 12.9. The molecule has 0 heterocycles. The molecule has 0 saturated heterocycles. The van der Waals surface area contributed by atoms with Crippen LogP contribution in [0.1, 0.15) is 78.8 Å². The van der Waals surface area contributed by atoms with E-state index in [2.05, 4.69) is 5.32 Å². The average Bonchev–Trinajstić information content (AvgIpc) is 3.58. The molecule has 0 bridgehead atoms. The van der Waals surface area contributed by atoms with Crippen molar-refractivity contribution in [1.29, 1.82) is 0 Å². The predicted octanol–water partition coefficient (Wildman–Crippen LogP) is 5.54. The number of amides is 1. The van der Waals surface area contributed by atoms with E-state index in [1.807, 2.05) is 0 Å². The lowest BCUT2D eigenvalue weighted by molar-refractivity contribution is -0.199. The highest BCUT2D eigenvalue weighted by Gasteiger charge is 2.65. The third-order valence-electron chi connectivity index (χ3n) is 8.98. The topological polar surface area (TPSA) is 156 Å². The molecule has 2 aliphatic rings. The normalized spacial score (nSPS) is 24.7. The Bertz CT molecular complexity index is 1570. The minimum absolute atomic E-state index is 0.0475. The second-order valence-corrected chi connectivity index (χ2v) is 11.8. The van der Waals surface area contributed by atoms with Crippen molar-refractivity contribution in [3.05, 3.63) is 102 Å². The SMILES string of the molecule is CC(=O)OC1(C(=O)O)CC(c2ccccc2)C(OC(=O)c2ccc(NC(=O)C3CCCC3)cc2)(C(=O)O)CC1c1ccccc1. The average molecular weight is 614 g/mol. The van der Waals surface area contributed by atoms with Gasteiger partial charge in [0.2, 0.25) is 17.1 Å². The number of aliphatic carboxylic acids is 2. The predicted molar refractivity (Wildman–Crippen MR) is 163 cm³/mol. The molecule has 3 aromatic carbocycles. The van der Waals surface area contributed by atoms with Crippen molar-refractivity contribution in [2.45, 2.75) is 68.5 Å². The molecule has 2 fully saturated rings. The van der Waals surface area contributed by atoms with E-state index in [-0.39, 0.29) is 17.4 Å². The fourth-order valence-corrected chi connectivity index (χ4v) is 6.75. The summed E-state index contributed by atoms with van der Waals surface area (Å²) in [5, 5.41) is 24.3. The number of ether oxygens (including phenoxy) is 2. The third-order valence-corrected chi connectivity index (χ3v) is 8.98. The fourth-order valence-electron chi connectivity index (χ4n) is 6.75. The van der Waals surface area contributed by atoms with Gasteiger partial charge in [-0.15, -0.1) is 0 Å². The number of hydrogen-bond donors (Lipinski definition) is 3. The first-order valence-corrected chi connectivity index (χ1v) is 15.0. The Morgan fingerprint density at radius 2 is 1.16 bits per heavy atom. The van der Waals surface area contributed by atoms with Crippen molar-refractivity contribution in [2.24, 2.45) is 5.92 Å². The van der Waals surface area contributed by atoms with Gasteiger partial charge in [0, 0.05) is 43.2 Å². The van der Waals surface area contributed by atoms with Crippen molar-refractivity contribution < 1.29 is 43.7 Å². The lowest BCUT2D eigenvalue weighted by Gasteiger charge is -2.50. The molecule has 2 aliphatic carbocycles. The quantitative estimate of drug-likeness (QED) is 0.264. The van der Waals surface area contributed by atoms with Crippen molar-refractivity contribution in [1.82, 2.24) is 0 Å². The third kappa shape index (κ3) is 6.31. The van der Waals surface area contributed by atoms with Crippen molar-refractivity contribution in [3.8, 4) is 0 Å². The zero-order chi connectivity index (χ0) is 32.2. The number of benzene rings is 3. The van der Waals surface area contributed by atoms with Crippen LogP contribution in [-0.4, -0.2) is 51.2 Å². The minimum Gasteiger partial charge on any atom is -0.478 e.